The van der Waals surface area contributed by atoms with Crippen LogP contribution in [0.25, 0.3) is 27.8 Å². The molecule has 0 aromatic heterocycles. The van der Waals surface area contributed by atoms with Crippen LogP contribution in [0.5, 0.6) is 0 Å². The SMILES string of the molecule is CC1(C)c2ccccc2-c2ccc(N(c3ccc(C45CC6CC(CC(C6)C4)C5)cc3)c3ccc(C4=CCCC=C4)cc3-c3ccccc3)cc21. The molecule has 248 valence electrons. The molecule has 5 aromatic rings. The molecule has 0 heterocycles. The van der Waals surface area contributed by atoms with Crippen LogP contribution in [-0.4, -0.2) is 0 Å². The van der Waals surface area contributed by atoms with E-state index in [2.05, 4.69) is 152 Å². The van der Waals surface area contributed by atoms with Gasteiger partial charge in [-0.3, -0.25) is 0 Å². The number of allylic oxidation sites excluding steroid dienone is 4. The Morgan fingerprint density at radius 2 is 1.24 bits per heavy atom. The van der Waals surface area contributed by atoms with Crippen LogP contribution in [0.3, 0.4) is 0 Å². The Bertz CT molecular complexity index is 2130. The minimum absolute atomic E-state index is 0.0676. The van der Waals surface area contributed by atoms with Gasteiger partial charge in [0.15, 0.2) is 0 Å². The summed E-state index contributed by atoms with van der Waals surface area (Å²) in [6, 6.07) is 44.3. The Kier molecular flexibility index (Phi) is 6.93. The molecule has 4 fully saturated rings. The maximum Gasteiger partial charge on any atom is 0.0540 e. The predicted molar refractivity (Wildman–Crippen MR) is 210 cm³/mol. The fourth-order valence-electron chi connectivity index (χ4n) is 11.3. The molecule has 5 aromatic carbocycles. The second-order valence-corrected chi connectivity index (χ2v) is 16.7. The minimum Gasteiger partial charge on any atom is -0.310 e. The van der Waals surface area contributed by atoms with Crippen molar-refractivity contribution in [2.75, 3.05) is 4.90 Å². The topological polar surface area (TPSA) is 3.24 Å². The van der Waals surface area contributed by atoms with Crippen molar-refractivity contribution in [2.45, 2.75) is 76.0 Å². The minimum atomic E-state index is -0.0676. The van der Waals surface area contributed by atoms with Gasteiger partial charge in [-0.1, -0.05) is 111 Å². The fourth-order valence-corrected chi connectivity index (χ4v) is 11.3. The number of anilines is 3. The molecule has 4 bridgehead atoms. The molecule has 6 aliphatic carbocycles. The average Bonchev–Trinajstić information content (AvgIpc) is 3.38. The molecule has 4 saturated carbocycles. The van der Waals surface area contributed by atoms with Gasteiger partial charge in [0.05, 0.1) is 5.69 Å². The number of benzene rings is 5. The smallest absolute Gasteiger partial charge is 0.0540 e. The van der Waals surface area contributed by atoms with E-state index in [1.54, 1.807) is 5.56 Å². The third-order valence-electron chi connectivity index (χ3n) is 13.3. The summed E-state index contributed by atoms with van der Waals surface area (Å²) < 4.78 is 0. The normalized spacial score (nSPS) is 25.2. The van der Waals surface area contributed by atoms with Crippen LogP contribution in [0.2, 0.25) is 0 Å². The van der Waals surface area contributed by atoms with Gasteiger partial charge in [0, 0.05) is 22.4 Å². The van der Waals surface area contributed by atoms with Crippen molar-refractivity contribution in [3.8, 4) is 22.3 Å². The second-order valence-electron chi connectivity index (χ2n) is 16.7. The van der Waals surface area contributed by atoms with Gasteiger partial charge in [-0.15, -0.1) is 0 Å². The van der Waals surface area contributed by atoms with Crippen molar-refractivity contribution in [1.82, 2.24) is 0 Å². The monoisotopic (exact) mass is 649 g/mol. The van der Waals surface area contributed by atoms with E-state index in [0.717, 1.165) is 30.6 Å². The molecule has 1 heteroatoms. The lowest BCUT2D eigenvalue weighted by Gasteiger charge is -2.57. The van der Waals surface area contributed by atoms with E-state index in [0.29, 0.717) is 5.41 Å². The summed E-state index contributed by atoms with van der Waals surface area (Å²) in [5.41, 5.74) is 16.2. The highest BCUT2D eigenvalue weighted by Gasteiger charge is 2.51. The standard InChI is InChI=1S/C49H47N/c1-48(2)45-16-10-9-15-42(45)43-23-22-41(29-46(43)48)50(40-20-18-39(19-21-40)49-30-33-25-34(31-49)27-35(26-33)32-49)47-24-17-38(36-11-5-3-6-12-36)28-44(47)37-13-7-4-8-14-37/h4-5,7-24,28-29,33-35H,3,6,25-27,30-32H2,1-2H3. The van der Waals surface area contributed by atoms with E-state index in [9.17, 15) is 0 Å². The Morgan fingerprint density at radius 3 is 1.96 bits per heavy atom. The molecular formula is C49H47N. The van der Waals surface area contributed by atoms with Crippen LogP contribution < -0.4 is 4.90 Å². The molecule has 0 spiro atoms. The van der Waals surface area contributed by atoms with Crippen molar-refractivity contribution >= 4 is 22.6 Å². The highest BCUT2D eigenvalue weighted by Crippen LogP contribution is 2.61. The summed E-state index contributed by atoms with van der Waals surface area (Å²) in [7, 11) is 0. The van der Waals surface area contributed by atoms with Crippen LogP contribution >= 0.6 is 0 Å². The Balaban J connectivity index is 1.14. The van der Waals surface area contributed by atoms with E-state index in [4.69, 9.17) is 0 Å². The summed E-state index contributed by atoms with van der Waals surface area (Å²) in [5.74, 6) is 2.83. The van der Waals surface area contributed by atoms with E-state index in [-0.39, 0.29) is 5.41 Å². The Morgan fingerprint density at radius 1 is 0.560 bits per heavy atom. The molecule has 11 rings (SSSR count). The van der Waals surface area contributed by atoms with E-state index in [1.807, 2.05) is 0 Å². The van der Waals surface area contributed by atoms with Gasteiger partial charge < -0.3 is 4.90 Å². The van der Waals surface area contributed by atoms with Crippen molar-refractivity contribution in [1.29, 1.82) is 0 Å². The molecule has 0 aliphatic heterocycles. The van der Waals surface area contributed by atoms with Crippen molar-refractivity contribution in [3.05, 3.63) is 156 Å². The first-order valence-corrected chi connectivity index (χ1v) is 19.2. The van der Waals surface area contributed by atoms with Crippen LogP contribution in [0.1, 0.15) is 87.5 Å². The zero-order valence-corrected chi connectivity index (χ0v) is 29.5. The first kappa shape index (κ1) is 30.2. The van der Waals surface area contributed by atoms with Crippen LogP contribution in [0.15, 0.2) is 133 Å². The van der Waals surface area contributed by atoms with E-state index < -0.39 is 0 Å². The number of fused-ring (bicyclic) bond motifs is 3. The molecule has 0 atom stereocenters. The van der Waals surface area contributed by atoms with Crippen LogP contribution in [0, 0.1) is 17.8 Å². The summed E-state index contributed by atoms with van der Waals surface area (Å²) in [4.78, 5) is 2.54. The first-order valence-electron chi connectivity index (χ1n) is 19.2. The summed E-state index contributed by atoms with van der Waals surface area (Å²) in [5, 5.41) is 0. The molecule has 50 heavy (non-hydrogen) atoms. The van der Waals surface area contributed by atoms with Gasteiger partial charge in [0.25, 0.3) is 0 Å². The number of rotatable bonds is 6. The van der Waals surface area contributed by atoms with Crippen LogP contribution in [-0.2, 0) is 10.8 Å². The van der Waals surface area contributed by atoms with E-state index >= 15 is 0 Å². The molecule has 6 aliphatic rings. The molecular weight excluding hydrogens is 603 g/mol. The summed E-state index contributed by atoms with van der Waals surface area (Å²) >= 11 is 0. The molecule has 0 unspecified atom stereocenters. The zero-order valence-electron chi connectivity index (χ0n) is 29.5. The maximum atomic E-state index is 2.54. The van der Waals surface area contributed by atoms with Crippen molar-refractivity contribution in [2.24, 2.45) is 17.8 Å². The first-order chi connectivity index (χ1) is 24.4. The maximum absolute atomic E-state index is 2.54. The van der Waals surface area contributed by atoms with Crippen LogP contribution in [0.4, 0.5) is 17.1 Å². The van der Waals surface area contributed by atoms with Gasteiger partial charge in [0.2, 0.25) is 0 Å². The molecule has 0 N–H and O–H groups in total. The third kappa shape index (κ3) is 4.80. The second kappa shape index (κ2) is 11.5. The van der Waals surface area contributed by atoms with Gasteiger partial charge in [-0.25, -0.2) is 0 Å². The highest BCUT2D eigenvalue weighted by molar-refractivity contribution is 5.92. The largest absolute Gasteiger partial charge is 0.310 e. The van der Waals surface area contributed by atoms with Crippen molar-refractivity contribution < 1.29 is 0 Å². The fraction of sp³-hybridized carbons (Fsp3) is 0.306. The Labute approximate surface area is 298 Å². The van der Waals surface area contributed by atoms with Crippen molar-refractivity contribution in [3.63, 3.8) is 0 Å². The lowest BCUT2D eigenvalue weighted by molar-refractivity contribution is -0.00518. The van der Waals surface area contributed by atoms with Gasteiger partial charge in [-0.2, -0.15) is 0 Å². The molecule has 0 amide bonds. The average molecular weight is 650 g/mol. The van der Waals surface area contributed by atoms with E-state index in [1.165, 1.54) is 100 Å². The van der Waals surface area contributed by atoms with Gasteiger partial charge >= 0.3 is 0 Å². The quantitative estimate of drug-likeness (QED) is 0.177. The molecule has 0 saturated heterocycles. The number of nitrogens with zero attached hydrogens (tertiary/aromatic N) is 1. The lowest BCUT2D eigenvalue weighted by Crippen LogP contribution is -2.48. The lowest BCUT2D eigenvalue weighted by atomic mass is 9.48. The highest BCUT2D eigenvalue weighted by atomic mass is 15.1. The van der Waals surface area contributed by atoms with Gasteiger partial charge in [-0.05, 0) is 155 Å². The summed E-state index contributed by atoms with van der Waals surface area (Å²) in [6.45, 7) is 4.78. The number of hydrogen-bond acceptors (Lipinski definition) is 1. The number of hydrogen-bond donors (Lipinski definition) is 0. The zero-order chi connectivity index (χ0) is 33.5. The summed E-state index contributed by atoms with van der Waals surface area (Å²) in [6.07, 6.45) is 17.9. The predicted octanol–water partition coefficient (Wildman–Crippen LogP) is 13.3. The Hall–Kier alpha value is -4.62. The van der Waals surface area contributed by atoms with Gasteiger partial charge in [0.1, 0.15) is 0 Å². The molecule has 1 nitrogen and oxygen atoms in total. The molecule has 0 radical (unpaired) electrons. The third-order valence-corrected chi connectivity index (χ3v) is 13.3.